The Hall–Kier alpha value is -0.940. The number of hydrogen-bond acceptors (Lipinski definition) is 4. The van der Waals surface area contributed by atoms with Gasteiger partial charge in [-0.3, -0.25) is 4.79 Å². The smallest absolute Gasteiger partial charge is 0.273 e. The second-order valence-corrected chi connectivity index (χ2v) is 5.47. The fourth-order valence-corrected chi connectivity index (χ4v) is 2.93. The van der Waals surface area contributed by atoms with Gasteiger partial charge in [0.25, 0.3) is 5.91 Å². The number of nitrogens with zero attached hydrogens (tertiary/aromatic N) is 2. The van der Waals surface area contributed by atoms with Crippen LogP contribution >= 0.6 is 11.3 Å². The highest BCUT2D eigenvalue weighted by Crippen LogP contribution is 2.23. The predicted octanol–water partition coefficient (Wildman–Crippen LogP) is 1.83. The van der Waals surface area contributed by atoms with Crippen LogP contribution in [0.25, 0.3) is 0 Å². The third kappa shape index (κ3) is 2.84. The molecule has 1 saturated heterocycles. The molecule has 0 bridgehead atoms. The number of amides is 1. The Morgan fingerprint density at radius 1 is 1.71 bits per heavy atom. The van der Waals surface area contributed by atoms with Crippen molar-refractivity contribution in [2.24, 2.45) is 0 Å². The maximum absolute atomic E-state index is 12.2. The topological polar surface area (TPSA) is 53.4 Å². The standard InChI is InChI=1S/C12H18N2O2S/c1-9-13-11(8-17-9)12(16)14-6-2-4-10(14)5-3-7-15/h8,10,15H,2-7H2,1H3. The van der Waals surface area contributed by atoms with E-state index in [4.69, 9.17) is 5.11 Å². The molecule has 1 aliphatic rings. The lowest BCUT2D eigenvalue weighted by molar-refractivity contribution is 0.0719. The van der Waals surface area contributed by atoms with Crippen molar-refractivity contribution >= 4 is 17.2 Å². The summed E-state index contributed by atoms with van der Waals surface area (Å²) >= 11 is 1.51. The highest BCUT2D eigenvalue weighted by molar-refractivity contribution is 7.09. The van der Waals surface area contributed by atoms with Gasteiger partial charge in [0.15, 0.2) is 0 Å². The van der Waals surface area contributed by atoms with Gasteiger partial charge in [0.2, 0.25) is 0 Å². The van der Waals surface area contributed by atoms with Crippen LogP contribution in [0.5, 0.6) is 0 Å². The van der Waals surface area contributed by atoms with Gasteiger partial charge < -0.3 is 10.0 Å². The van der Waals surface area contributed by atoms with Crippen LogP contribution in [0, 0.1) is 6.92 Å². The van der Waals surface area contributed by atoms with Crippen molar-refractivity contribution in [3.63, 3.8) is 0 Å². The summed E-state index contributed by atoms with van der Waals surface area (Å²) in [5, 5.41) is 11.6. The predicted molar refractivity (Wildman–Crippen MR) is 67.2 cm³/mol. The Balaban J connectivity index is 2.03. The molecule has 0 spiro atoms. The largest absolute Gasteiger partial charge is 0.396 e. The summed E-state index contributed by atoms with van der Waals surface area (Å²) < 4.78 is 0. The molecule has 0 aliphatic carbocycles. The van der Waals surface area contributed by atoms with Crippen molar-refractivity contribution in [2.75, 3.05) is 13.2 Å². The molecule has 1 fully saturated rings. The molecule has 1 N–H and O–H groups in total. The number of likely N-dealkylation sites (tertiary alicyclic amines) is 1. The summed E-state index contributed by atoms with van der Waals surface area (Å²) in [6.07, 6.45) is 3.77. The number of aliphatic hydroxyl groups excluding tert-OH is 1. The molecular formula is C12H18N2O2S. The van der Waals surface area contributed by atoms with Crippen molar-refractivity contribution in [2.45, 2.75) is 38.6 Å². The third-order valence-electron chi connectivity index (χ3n) is 3.17. The highest BCUT2D eigenvalue weighted by Gasteiger charge is 2.29. The van der Waals surface area contributed by atoms with Gasteiger partial charge >= 0.3 is 0 Å². The molecule has 1 amide bonds. The summed E-state index contributed by atoms with van der Waals surface area (Å²) in [5.74, 6) is 0.0507. The van der Waals surface area contributed by atoms with E-state index < -0.39 is 0 Å². The molecule has 4 nitrogen and oxygen atoms in total. The molecule has 1 aromatic heterocycles. The van der Waals surface area contributed by atoms with Gasteiger partial charge in [-0.1, -0.05) is 0 Å². The molecule has 1 atom stereocenters. The van der Waals surface area contributed by atoms with Gasteiger partial charge in [-0.05, 0) is 32.6 Å². The van der Waals surface area contributed by atoms with Crippen molar-refractivity contribution in [1.82, 2.24) is 9.88 Å². The van der Waals surface area contributed by atoms with Crippen LogP contribution in [-0.2, 0) is 0 Å². The second-order valence-electron chi connectivity index (χ2n) is 4.41. The fourth-order valence-electron chi connectivity index (χ4n) is 2.34. The molecule has 0 aromatic carbocycles. The Morgan fingerprint density at radius 2 is 2.53 bits per heavy atom. The van der Waals surface area contributed by atoms with E-state index in [9.17, 15) is 4.79 Å². The number of hydrogen-bond donors (Lipinski definition) is 1. The van der Waals surface area contributed by atoms with Crippen LogP contribution < -0.4 is 0 Å². The van der Waals surface area contributed by atoms with Gasteiger partial charge in [0.1, 0.15) is 5.69 Å². The van der Waals surface area contributed by atoms with Gasteiger partial charge in [-0.15, -0.1) is 11.3 Å². The summed E-state index contributed by atoms with van der Waals surface area (Å²) in [4.78, 5) is 18.4. The number of aliphatic hydroxyl groups is 1. The zero-order valence-corrected chi connectivity index (χ0v) is 10.9. The molecule has 5 heteroatoms. The first kappa shape index (κ1) is 12.5. The highest BCUT2D eigenvalue weighted by atomic mass is 32.1. The minimum atomic E-state index is 0.0507. The summed E-state index contributed by atoms with van der Waals surface area (Å²) in [6, 6.07) is 0.289. The molecule has 0 saturated carbocycles. The summed E-state index contributed by atoms with van der Waals surface area (Å²) in [6.45, 7) is 2.94. The zero-order chi connectivity index (χ0) is 12.3. The van der Waals surface area contributed by atoms with Crippen LogP contribution in [0.15, 0.2) is 5.38 Å². The van der Waals surface area contributed by atoms with E-state index >= 15 is 0 Å². The molecular weight excluding hydrogens is 236 g/mol. The summed E-state index contributed by atoms with van der Waals surface area (Å²) in [7, 11) is 0. The average molecular weight is 254 g/mol. The summed E-state index contributed by atoms with van der Waals surface area (Å²) in [5.41, 5.74) is 0.573. The van der Waals surface area contributed by atoms with E-state index in [0.29, 0.717) is 5.69 Å². The average Bonchev–Trinajstić information content (AvgIpc) is 2.94. The maximum atomic E-state index is 12.2. The lowest BCUT2D eigenvalue weighted by atomic mass is 10.1. The number of carbonyl (C=O) groups is 1. The van der Waals surface area contributed by atoms with Crippen molar-refractivity contribution in [3.05, 3.63) is 16.1 Å². The van der Waals surface area contributed by atoms with Gasteiger partial charge in [0.05, 0.1) is 5.01 Å². The lowest BCUT2D eigenvalue weighted by Gasteiger charge is -2.23. The molecule has 94 valence electrons. The Bertz CT molecular complexity index is 392. The van der Waals surface area contributed by atoms with Gasteiger partial charge in [-0.25, -0.2) is 4.98 Å². The molecule has 1 aromatic rings. The van der Waals surface area contributed by atoms with Crippen LogP contribution in [-0.4, -0.2) is 40.1 Å². The van der Waals surface area contributed by atoms with Crippen LogP contribution in [0.2, 0.25) is 0 Å². The van der Waals surface area contributed by atoms with Crippen LogP contribution in [0.3, 0.4) is 0 Å². The van der Waals surface area contributed by atoms with E-state index in [1.165, 1.54) is 11.3 Å². The third-order valence-corrected chi connectivity index (χ3v) is 3.95. The first-order valence-corrected chi connectivity index (χ1v) is 6.94. The molecule has 1 unspecified atom stereocenters. The number of carbonyl (C=O) groups excluding carboxylic acids is 1. The SMILES string of the molecule is Cc1nc(C(=O)N2CCCC2CCCO)cs1. The number of rotatable bonds is 4. The van der Waals surface area contributed by atoms with Crippen LogP contribution in [0.1, 0.15) is 41.2 Å². The van der Waals surface area contributed by atoms with E-state index in [-0.39, 0.29) is 18.6 Å². The Kier molecular flexibility index (Phi) is 4.12. The second kappa shape index (κ2) is 5.60. The minimum absolute atomic E-state index is 0.0507. The van der Waals surface area contributed by atoms with E-state index in [2.05, 4.69) is 4.98 Å². The Morgan fingerprint density at radius 3 is 3.18 bits per heavy atom. The van der Waals surface area contributed by atoms with Gasteiger partial charge in [-0.2, -0.15) is 0 Å². The quantitative estimate of drug-likeness (QED) is 0.892. The first-order chi connectivity index (χ1) is 8.22. The van der Waals surface area contributed by atoms with E-state index in [1.807, 2.05) is 17.2 Å². The van der Waals surface area contributed by atoms with Gasteiger partial charge in [0, 0.05) is 24.6 Å². The number of aromatic nitrogens is 1. The van der Waals surface area contributed by atoms with E-state index in [1.54, 1.807) is 0 Å². The normalized spacial score (nSPS) is 19.9. The molecule has 17 heavy (non-hydrogen) atoms. The first-order valence-electron chi connectivity index (χ1n) is 6.06. The van der Waals surface area contributed by atoms with Crippen LogP contribution in [0.4, 0.5) is 0 Å². The fraction of sp³-hybridized carbons (Fsp3) is 0.667. The van der Waals surface area contributed by atoms with E-state index in [0.717, 1.165) is 37.2 Å². The number of thiazole rings is 1. The molecule has 2 heterocycles. The molecule has 0 radical (unpaired) electrons. The maximum Gasteiger partial charge on any atom is 0.273 e. The zero-order valence-electron chi connectivity index (χ0n) is 10.1. The molecule has 1 aliphatic heterocycles. The molecule has 2 rings (SSSR count). The lowest BCUT2D eigenvalue weighted by Crippen LogP contribution is -2.35. The van der Waals surface area contributed by atoms with Crippen molar-refractivity contribution in [3.8, 4) is 0 Å². The minimum Gasteiger partial charge on any atom is -0.396 e. The number of aryl methyl sites for hydroxylation is 1. The Labute approximate surface area is 105 Å². The van der Waals surface area contributed by atoms with Crippen molar-refractivity contribution < 1.29 is 9.90 Å². The monoisotopic (exact) mass is 254 g/mol. The van der Waals surface area contributed by atoms with Crippen molar-refractivity contribution in [1.29, 1.82) is 0 Å².